The molecule has 0 amide bonds. The lowest BCUT2D eigenvalue weighted by Crippen LogP contribution is -2.22. The normalized spacial score (nSPS) is 11.0. The third-order valence-electron chi connectivity index (χ3n) is 5.15. The van der Waals surface area contributed by atoms with Crippen LogP contribution in [-0.4, -0.2) is 34.1 Å². The van der Waals surface area contributed by atoms with E-state index in [1.54, 1.807) is 74.9 Å². The predicted octanol–water partition coefficient (Wildman–Crippen LogP) is 4.77. The molecule has 2 heterocycles. The fraction of sp³-hybridized carbons (Fsp3) is 0.0833. The molecule has 0 saturated heterocycles. The van der Waals surface area contributed by atoms with E-state index in [1.165, 1.54) is 4.68 Å². The monoisotopic (exact) mass is 460 g/mol. The zero-order valence-corrected chi connectivity index (χ0v) is 18.4. The molecule has 33 heavy (non-hydrogen) atoms. The lowest BCUT2D eigenvalue weighted by Gasteiger charge is -2.09. The van der Waals surface area contributed by atoms with Crippen LogP contribution >= 0.6 is 11.6 Å². The van der Waals surface area contributed by atoms with Crippen LogP contribution in [0.15, 0.2) is 76.0 Å². The van der Waals surface area contributed by atoms with E-state index >= 15 is 0 Å². The van der Waals surface area contributed by atoms with E-state index in [2.05, 4.69) is 15.2 Å². The number of aromatic nitrogens is 4. The van der Waals surface area contributed by atoms with Crippen LogP contribution in [0.1, 0.15) is 0 Å². The molecule has 164 valence electrons. The first-order valence-electron chi connectivity index (χ1n) is 9.93. The molecule has 0 aliphatic carbocycles. The molecule has 0 atom stereocenters. The smallest absolute Gasteiger partial charge is 0.279 e. The third-order valence-corrected chi connectivity index (χ3v) is 5.40. The summed E-state index contributed by atoms with van der Waals surface area (Å²) in [4.78, 5) is 17.7. The van der Waals surface area contributed by atoms with Gasteiger partial charge in [-0.25, -0.2) is 0 Å². The molecule has 0 saturated carbocycles. The lowest BCUT2D eigenvalue weighted by atomic mass is 10.1. The van der Waals surface area contributed by atoms with E-state index in [1.807, 2.05) is 6.07 Å². The molecule has 0 unspecified atom stereocenters. The second kappa shape index (κ2) is 8.40. The van der Waals surface area contributed by atoms with Crippen LogP contribution in [0.2, 0.25) is 5.02 Å². The van der Waals surface area contributed by atoms with Crippen molar-refractivity contribution >= 4 is 22.4 Å². The van der Waals surface area contributed by atoms with Crippen molar-refractivity contribution in [3.8, 4) is 40.2 Å². The second-order valence-electron chi connectivity index (χ2n) is 7.08. The van der Waals surface area contributed by atoms with Gasteiger partial charge in [0.25, 0.3) is 11.4 Å². The van der Waals surface area contributed by atoms with Crippen LogP contribution in [-0.2, 0) is 0 Å². The molecule has 2 aromatic heterocycles. The fourth-order valence-corrected chi connectivity index (χ4v) is 3.64. The first kappa shape index (κ1) is 20.7. The predicted molar refractivity (Wildman–Crippen MR) is 124 cm³/mol. The summed E-state index contributed by atoms with van der Waals surface area (Å²) in [5.41, 5.74) is 1.37. The van der Waals surface area contributed by atoms with Crippen molar-refractivity contribution in [1.29, 1.82) is 0 Å². The van der Waals surface area contributed by atoms with Crippen LogP contribution in [0.5, 0.6) is 11.5 Å². The Morgan fingerprint density at radius 2 is 1.64 bits per heavy atom. The van der Waals surface area contributed by atoms with E-state index in [9.17, 15) is 4.79 Å². The van der Waals surface area contributed by atoms with Crippen molar-refractivity contribution in [3.63, 3.8) is 0 Å². The molecule has 0 radical (unpaired) electrons. The van der Waals surface area contributed by atoms with Gasteiger partial charge in [-0.15, -0.1) is 0 Å². The minimum atomic E-state index is -0.267. The molecule has 0 spiro atoms. The number of halogens is 1. The number of ether oxygens (including phenoxy) is 2. The Morgan fingerprint density at radius 3 is 2.36 bits per heavy atom. The molecular formula is C24H17ClN4O4. The van der Waals surface area contributed by atoms with Crippen LogP contribution in [0.4, 0.5) is 0 Å². The summed E-state index contributed by atoms with van der Waals surface area (Å²) in [5.74, 6) is 1.66. The Kier molecular flexibility index (Phi) is 5.27. The van der Waals surface area contributed by atoms with E-state index in [-0.39, 0.29) is 11.4 Å². The zero-order chi connectivity index (χ0) is 22.9. The summed E-state index contributed by atoms with van der Waals surface area (Å²) in [6, 6.07) is 19.3. The molecule has 9 heteroatoms. The van der Waals surface area contributed by atoms with Crippen LogP contribution < -0.4 is 15.0 Å². The Bertz CT molecular complexity index is 1530. The number of methoxy groups -OCH3 is 2. The standard InChI is InChI=1S/C24H17ClN4O4/c1-31-19-12-7-14(13-20(19)32-2)22-26-23(33-28-22)21-17-5-3-4-6-18(17)24(30)29(27-21)16-10-8-15(25)9-11-16/h3-13H,1-2H3. The number of benzene rings is 3. The first-order valence-corrected chi connectivity index (χ1v) is 10.3. The lowest BCUT2D eigenvalue weighted by molar-refractivity contribution is 0.355. The highest BCUT2D eigenvalue weighted by Gasteiger charge is 2.19. The topological polar surface area (TPSA) is 92.3 Å². The molecule has 0 fully saturated rings. The van der Waals surface area contributed by atoms with Gasteiger partial charge in [0.15, 0.2) is 17.2 Å². The molecule has 0 N–H and O–H groups in total. The summed E-state index contributed by atoms with van der Waals surface area (Å²) in [5, 5.41) is 10.3. The Balaban J connectivity index is 1.67. The number of hydrogen-bond donors (Lipinski definition) is 0. The highest BCUT2D eigenvalue weighted by molar-refractivity contribution is 6.30. The van der Waals surface area contributed by atoms with Crippen LogP contribution in [0.25, 0.3) is 39.4 Å². The van der Waals surface area contributed by atoms with Crippen molar-refractivity contribution < 1.29 is 14.0 Å². The van der Waals surface area contributed by atoms with Gasteiger partial charge in [0, 0.05) is 16.0 Å². The molecule has 0 aliphatic rings. The van der Waals surface area contributed by atoms with Gasteiger partial charge in [-0.1, -0.05) is 35.0 Å². The van der Waals surface area contributed by atoms with E-state index in [4.69, 9.17) is 25.6 Å². The van der Waals surface area contributed by atoms with Gasteiger partial charge in [-0.05, 0) is 48.5 Å². The summed E-state index contributed by atoms with van der Waals surface area (Å²) < 4.78 is 17.5. The van der Waals surface area contributed by atoms with Crippen LogP contribution in [0.3, 0.4) is 0 Å². The van der Waals surface area contributed by atoms with E-state index < -0.39 is 0 Å². The molecule has 8 nitrogen and oxygen atoms in total. The highest BCUT2D eigenvalue weighted by Crippen LogP contribution is 2.32. The van der Waals surface area contributed by atoms with E-state index in [0.717, 1.165) is 0 Å². The van der Waals surface area contributed by atoms with E-state index in [0.29, 0.717) is 50.1 Å². The summed E-state index contributed by atoms with van der Waals surface area (Å²) in [6.45, 7) is 0. The van der Waals surface area contributed by atoms with Crippen LogP contribution in [0, 0.1) is 0 Å². The van der Waals surface area contributed by atoms with Gasteiger partial charge >= 0.3 is 0 Å². The van der Waals surface area contributed by atoms with Crippen molar-refractivity contribution in [2.75, 3.05) is 14.2 Å². The summed E-state index contributed by atoms with van der Waals surface area (Å²) in [6.07, 6.45) is 0. The average molecular weight is 461 g/mol. The molecule has 5 aromatic rings. The minimum Gasteiger partial charge on any atom is -0.493 e. The van der Waals surface area contributed by atoms with Crippen molar-refractivity contribution in [2.24, 2.45) is 0 Å². The van der Waals surface area contributed by atoms with Gasteiger partial charge in [0.1, 0.15) is 0 Å². The highest BCUT2D eigenvalue weighted by atomic mass is 35.5. The van der Waals surface area contributed by atoms with Crippen molar-refractivity contribution in [3.05, 3.63) is 82.1 Å². The van der Waals surface area contributed by atoms with Gasteiger partial charge < -0.3 is 14.0 Å². The van der Waals surface area contributed by atoms with Gasteiger partial charge in [0.2, 0.25) is 5.82 Å². The average Bonchev–Trinajstić information content (AvgIpc) is 3.35. The molecule has 5 rings (SSSR count). The second-order valence-corrected chi connectivity index (χ2v) is 7.52. The number of nitrogens with zero attached hydrogens (tertiary/aromatic N) is 4. The molecular weight excluding hydrogens is 444 g/mol. The number of rotatable bonds is 5. The van der Waals surface area contributed by atoms with Gasteiger partial charge in [-0.3, -0.25) is 4.79 Å². The maximum Gasteiger partial charge on any atom is 0.279 e. The fourth-order valence-electron chi connectivity index (χ4n) is 3.52. The van der Waals surface area contributed by atoms with Gasteiger partial charge in [-0.2, -0.15) is 14.8 Å². The van der Waals surface area contributed by atoms with Crippen molar-refractivity contribution in [2.45, 2.75) is 0 Å². The molecule has 0 bridgehead atoms. The molecule has 0 aliphatic heterocycles. The maximum atomic E-state index is 13.1. The Hall–Kier alpha value is -4.17. The Morgan fingerprint density at radius 1 is 0.909 bits per heavy atom. The quantitative estimate of drug-likeness (QED) is 0.373. The zero-order valence-electron chi connectivity index (χ0n) is 17.7. The SMILES string of the molecule is COc1ccc(-c2noc(-c3nn(-c4ccc(Cl)cc4)c(=O)c4ccccc34)n2)cc1OC. The molecule has 3 aromatic carbocycles. The summed E-state index contributed by atoms with van der Waals surface area (Å²) >= 11 is 6.00. The third kappa shape index (κ3) is 3.70. The first-order chi connectivity index (χ1) is 16.1. The minimum absolute atomic E-state index is 0.179. The summed E-state index contributed by atoms with van der Waals surface area (Å²) in [7, 11) is 3.12. The number of hydrogen-bond acceptors (Lipinski definition) is 7. The van der Waals surface area contributed by atoms with Gasteiger partial charge in [0.05, 0.1) is 25.3 Å². The number of fused-ring (bicyclic) bond motifs is 1. The van der Waals surface area contributed by atoms with Crippen molar-refractivity contribution in [1.82, 2.24) is 19.9 Å². The maximum absolute atomic E-state index is 13.1. The Labute approximate surface area is 193 Å². The largest absolute Gasteiger partial charge is 0.493 e.